The Labute approximate surface area is 84.8 Å². The van der Waals surface area contributed by atoms with E-state index < -0.39 is 0 Å². The van der Waals surface area contributed by atoms with Gasteiger partial charge in [0.15, 0.2) is 5.82 Å². The summed E-state index contributed by atoms with van der Waals surface area (Å²) >= 11 is 0. The van der Waals surface area contributed by atoms with E-state index in [1.807, 2.05) is 0 Å². The summed E-state index contributed by atoms with van der Waals surface area (Å²) in [6.07, 6.45) is 8.63. The lowest BCUT2D eigenvalue weighted by Crippen LogP contribution is -1.80. The molecule has 0 unspecified atom stereocenters. The second-order valence-electron chi connectivity index (χ2n) is 3.04. The normalized spacial score (nSPS) is 10.7. The fourth-order valence-corrected chi connectivity index (χ4v) is 1.37. The first-order valence-electron chi connectivity index (χ1n) is 4.47. The maximum atomic E-state index is 4.37. The number of H-pyrrole nitrogens is 3. The summed E-state index contributed by atoms with van der Waals surface area (Å²) in [5.41, 5.74) is 2.40. The first-order valence-corrected chi connectivity index (χ1v) is 4.47. The topological polar surface area (TPSA) is 86.0 Å². The predicted molar refractivity (Wildman–Crippen MR) is 53.8 cm³/mol. The van der Waals surface area contributed by atoms with Crippen LogP contribution in [0.1, 0.15) is 0 Å². The van der Waals surface area contributed by atoms with Crippen LogP contribution in [0.5, 0.6) is 0 Å². The minimum atomic E-state index is 0.731. The van der Waals surface area contributed by atoms with Gasteiger partial charge in [-0.05, 0) is 0 Å². The fraction of sp³-hybridized carbons (Fsp3) is 0. The van der Waals surface area contributed by atoms with Crippen LogP contribution in [0.4, 0.5) is 0 Å². The number of nitrogens with zero attached hydrogens (tertiary/aromatic N) is 3. The van der Waals surface area contributed by atoms with E-state index in [9.17, 15) is 0 Å². The van der Waals surface area contributed by atoms with Crippen molar-refractivity contribution in [3.8, 4) is 22.9 Å². The predicted octanol–water partition coefficient (Wildman–Crippen LogP) is 1.19. The molecule has 3 heterocycles. The number of aromatic amines is 3. The molecule has 0 fully saturated rings. The quantitative estimate of drug-likeness (QED) is 0.580. The standard InChI is InChI=1S/C9H8N6/c1-6(13-4-10-1)7-3-12-9(15-7)8-2-11-5-14-8/h1-5H,(H,10,13)(H,11,14)(H,12,15). The molecule has 15 heavy (non-hydrogen) atoms. The molecule has 3 N–H and O–H groups in total. The minimum Gasteiger partial charge on any atom is -0.351 e. The van der Waals surface area contributed by atoms with Gasteiger partial charge < -0.3 is 15.0 Å². The van der Waals surface area contributed by atoms with Crippen molar-refractivity contribution in [3.63, 3.8) is 0 Å². The number of hydrogen-bond donors (Lipinski definition) is 3. The van der Waals surface area contributed by atoms with Gasteiger partial charge in [-0.1, -0.05) is 0 Å². The zero-order valence-electron chi connectivity index (χ0n) is 7.73. The number of aromatic nitrogens is 6. The number of nitrogens with one attached hydrogen (secondary N) is 3. The highest BCUT2D eigenvalue weighted by Gasteiger charge is 2.07. The van der Waals surface area contributed by atoms with Crippen LogP contribution in [0.3, 0.4) is 0 Å². The van der Waals surface area contributed by atoms with Crippen LogP contribution in [0.25, 0.3) is 22.9 Å². The van der Waals surface area contributed by atoms with Gasteiger partial charge in [0, 0.05) is 18.6 Å². The Kier molecular flexibility index (Phi) is 1.64. The maximum absolute atomic E-state index is 4.37. The summed E-state index contributed by atoms with van der Waals surface area (Å²) in [4.78, 5) is 21.4. The molecule has 0 aliphatic heterocycles. The van der Waals surface area contributed by atoms with Crippen LogP contribution in [0.2, 0.25) is 0 Å². The van der Waals surface area contributed by atoms with Crippen molar-refractivity contribution in [2.24, 2.45) is 0 Å². The summed E-state index contributed by atoms with van der Waals surface area (Å²) in [7, 11) is 0. The highest BCUT2D eigenvalue weighted by atomic mass is 15.0. The molecule has 0 aliphatic carbocycles. The molecule has 0 atom stereocenters. The van der Waals surface area contributed by atoms with Crippen molar-refractivity contribution in [2.45, 2.75) is 0 Å². The molecule has 0 amide bonds. The van der Waals surface area contributed by atoms with Gasteiger partial charge in [0.05, 0.1) is 12.7 Å². The van der Waals surface area contributed by atoms with E-state index in [1.165, 1.54) is 0 Å². The van der Waals surface area contributed by atoms with E-state index in [0.29, 0.717) is 0 Å². The van der Waals surface area contributed by atoms with Gasteiger partial charge in [-0.2, -0.15) is 0 Å². The Balaban J connectivity index is 2.02. The molecule has 0 spiro atoms. The van der Waals surface area contributed by atoms with Crippen molar-refractivity contribution in [1.29, 1.82) is 0 Å². The molecule has 3 aromatic rings. The van der Waals surface area contributed by atoms with Gasteiger partial charge in [-0.25, -0.2) is 15.0 Å². The molecule has 0 saturated carbocycles. The van der Waals surface area contributed by atoms with E-state index in [1.54, 1.807) is 31.2 Å². The molecular formula is C9H8N6. The van der Waals surface area contributed by atoms with Crippen LogP contribution < -0.4 is 0 Å². The van der Waals surface area contributed by atoms with Crippen LogP contribution >= 0.6 is 0 Å². The fourth-order valence-electron chi connectivity index (χ4n) is 1.37. The third-order valence-electron chi connectivity index (χ3n) is 2.08. The van der Waals surface area contributed by atoms with Gasteiger partial charge in [0.25, 0.3) is 0 Å². The molecule has 0 aliphatic rings. The van der Waals surface area contributed by atoms with Crippen LogP contribution in [0.15, 0.2) is 31.2 Å². The molecule has 0 bridgehead atoms. The van der Waals surface area contributed by atoms with Gasteiger partial charge in [0.1, 0.15) is 17.1 Å². The summed E-state index contributed by atoms with van der Waals surface area (Å²) in [5.74, 6) is 0.731. The molecular weight excluding hydrogens is 192 g/mol. The van der Waals surface area contributed by atoms with Crippen molar-refractivity contribution < 1.29 is 0 Å². The van der Waals surface area contributed by atoms with Gasteiger partial charge in [-0.15, -0.1) is 0 Å². The Hall–Kier alpha value is -2.37. The molecule has 3 rings (SSSR count). The first-order chi connectivity index (χ1) is 7.43. The van der Waals surface area contributed by atoms with Gasteiger partial charge >= 0.3 is 0 Å². The second kappa shape index (κ2) is 3.09. The average Bonchev–Trinajstić information content (AvgIpc) is 3.02. The number of hydrogen-bond acceptors (Lipinski definition) is 3. The van der Waals surface area contributed by atoms with Crippen molar-refractivity contribution in [1.82, 2.24) is 29.9 Å². The van der Waals surface area contributed by atoms with E-state index in [-0.39, 0.29) is 0 Å². The molecule has 3 aromatic heterocycles. The van der Waals surface area contributed by atoms with Crippen LogP contribution in [0, 0.1) is 0 Å². The molecule has 0 saturated heterocycles. The molecule has 6 nitrogen and oxygen atoms in total. The van der Waals surface area contributed by atoms with Crippen LogP contribution in [-0.4, -0.2) is 29.9 Å². The SMILES string of the molecule is c1nc(-c2c[nH]c(-c3c[nH]cn3)n2)c[nH]1. The second-order valence-corrected chi connectivity index (χ2v) is 3.04. The zero-order chi connectivity index (χ0) is 10.1. The smallest absolute Gasteiger partial charge is 0.158 e. The van der Waals surface area contributed by atoms with E-state index in [0.717, 1.165) is 22.9 Å². The van der Waals surface area contributed by atoms with Gasteiger partial charge in [0.2, 0.25) is 0 Å². The third kappa shape index (κ3) is 1.32. The Morgan fingerprint density at radius 3 is 2.20 bits per heavy atom. The lowest BCUT2D eigenvalue weighted by Gasteiger charge is -1.87. The summed E-state index contributed by atoms with van der Waals surface area (Å²) in [6, 6.07) is 0. The molecule has 6 heteroatoms. The first kappa shape index (κ1) is 7.98. The zero-order valence-corrected chi connectivity index (χ0v) is 7.73. The van der Waals surface area contributed by atoms with Gasteiger partial charge in [-0.3, -0.25) is 0 Å². The van der Waals surface area contributed by atoms with Crippen molar-refractivity contribution in [2.75, 3.05) is 0 Å². The van der Waals surface area contributed by atoms with E-state index >= 15 is 0 Å². The number of rotatable bonds is 2. The molecule has 0 aromatic carbocycles. The maximum Gasteiger partial charge on any atom is 0.158 e. The van der Waals surface area contributed by atoms with E-state index in [4.69, 9.17) is 0 Å². The van der Waals surface area contributed by atoms with E-state index in [2.05, 4.69) is 29.9 Å². The minimum absolute atomic E-state index is 0.731. The molecule has 74 valence electrons. The summed E-state index contributed by atoms with van der Waals surface area (Å²) in [6.45, 7) is 0. The largest absolute Gasteiger partial charge is 0.351 e. The van der Waals surface area contributed by atoms with Crippen molar-refractivity contribution >= 4 is 0 Å². The highest BCUT2D eigenvalue weighted by Crippen LogP contribution is 2.17. The number of imidazole rings is 3. The molecule has 0 radical (unpaired) electrons. The lowest BCUT2D eigenvalue weighted by molar-refractivity contribution is 1.25. The highest BCUT2D eigenvalue weighted by molar-refractivity contribution is 5.58. The Bertz CT molecular complexity index is 484. The Morgan fingerprint density at radius 2 is 1.53 bits per heavy atom. The van der Waals surface area contributed by atoms with Crippen molar-refractivity contribution in [3.05, 3.63) is 31.2 Å². The summed E-state index contributed by atoms with van der Waals surface area (Å²) < 4.78 is 0. The third-order valence-corrected chi connectivity index (χ3v) is 2.08. The lowest BCUT2D eigenvalue weighted by atomic mass is 10.4. The Morgan fingerprint density at radius 1 is 0.800 bits per heavy atom. The average molecular weight is 200 g/mol. The monoisotopic (exact) mass is 200 g/mol. The van der Waals surface area contributed by atoms with Crippen LogP contribution in [-0.2, 0) is 0 Å². The summed E-state index contributed by atoms with van der Waals surface area (Å²) in [5, 5.41) is 0.